The molecule has 1 aromatic heterocycles. The molecular weight excluding hydrogens is 334 g/mol. The van der Waals surface area contributed by atoms with Crippen LogP contribution in [0.2, 0.25) is 0 Å². The van der Waals surface area contributed by atoms with Gasteiger partial charge in [0.1, 0.15) is 18.1 Å². The van der Waals surface area contributed by atoms with E-state index >= 15 is 0 Å². The van der Waals surface area contributed by atoms with Crippen LogP contribution in [0.5, 0.6) is 5.75 Å². The van der Waals surface area contributed by atoms with E-state index in [1.165, 1.54) is 0 Å². The van der Waals surface area contributed by atoms with Crippen LogP contribution in [0.1, 0.15) is 17.4 Å². The molecule has 0 aliphatic carbocycles. The zero-order valence-electron chi connectivity index (χ0n) is 11.8. The number of benzene rings is 1. The molecule has 0 bridgehead atoms. The second-order valence-corrected chi connectivity index (χ2v) is 5.42. The molecule has 0 atom stereocenters. The van der Waals surface area contributed by atoms with Gasteiger partial charge in [0.2, 0.25) is 0 Å². The molecule has 0 fully saturated rings. The van der Waals surface area contributed by atoms with E-state index in [0.717, 1.165) is 11.0 Å². The van der Waals surface area contributed by atoms with Crippen molar-refractivity contribution < 1.29 is 9.53 Å². The molecule has 1 aromatic carbocycles. The van der Waals surface area contributed by atoms with Gasteiger partial charge < -0.3 is 20.4 Å². The highest BCUT2D eigenvalue weighted by molar-refractivity contribution is 9.10. The summed E-state index contributed by atoms with van der Waals surface area (Å²) in [6.45, 7) is 3.56. The summed E-state index contributed by atoms with van der Waals surface area (Å²) < 4.78 is 8.31. The summed E-state index contributed by atoms with van der Waals surface area (Å²) in [5, 5.41) is 2.84. The average molecular weight is 352 g/mol. The smallest absolute Gasteiger partial charge is 0.268 e. The topological polar surface area (TPSA) is 69.3 Å². The van der Waals surface area contributed by atoms with Gasteiger partial charge in [-0.2, -0.15) is 0 Å². The highest BCUT2D eigenvalue weighted by Gasteiger charge is 2.11. The first-order chi connectivity index (χ1) is 10.1. The molecule has 0 saturated carbocycles. The van der Waals surface area contributed by atoms with Gasteiger partial charge in [-0.1, -0.05) is 6.07 Å². The van der Waals surface area contributed by atoms with Crippen molar-refractivity contribution in [3.63, 3.8) is 0 Å². The molecule has 1 heterocycles. The Kier molecular flexibility index (Phi) is 5.27. The van der Waals surface area contributed by atoms with Crippen LogP contribution in [0.4, 0.5) is 5.69 Å². The van der Waals surface area contributed by atoms with Crippen molar-refractivity contribution in [1.29, 1.82) is 0 Å². The van der Waals surface area contributed by atoms with Crippen LogP contribution in [-0.2, 0) is 6.54 Å². The maximum absolute atomic E-state index is 12.1. The number of nitrogen functional groups attached to an aromatic ring is 1. The lowest BCUT2D eigenvalue weighted by atomic mass is 10.3. The van der Waals surface area contributed by atoms with E-state index in [2.05, 4.69) is 21.2 Å². The average Bonchev–Trinajstić information content (AvgIpc) is 2.85. The second-order valence-electron chi connectivity index (χ2n) is 4.51. The Morgan fingerprint density at radius 3 is 2.95 bits per heavy atom. The third kappa shape index (κ3) is 4.26. The van der Waals surface area contributed by atoms with Gasteiger partial charge in [-0.25, -0.2) is 0 Å². The summed E-state index contributed by atoms with van der Waals surface area (Å²) in [5.41, 5.74) is 6.95. The summed E-state index contributed by atoms with van der Waals surface area (Å²) in [7, 11) is 0. The fraction of sp³-hybridized carbons (Fsp3) is 0.267. The van der Waals surface area contributed by atoms with Crippen molar-refractivity contribution >= 4 is 27.5 Å². The summed E-state index contributed by atoms with van der Waals surface area (Å²) >= 11 is 3.37. The Balaban J connectivity index is 1.82. The van der Waals surface area contributed by atoms with Gasteiger partial charge in [0.05, 0.1) is 6.54 Å². The number of ether oxygens (including phenoxy) is 1. The molecule has 21 heavy (non-hydrogen) atoms. The van der Waals surface area contributed by atoms with E-state index in [-0.39, 0.29) is 5.91 Å². The molecule has 1 amide bonds. The Bertz CT molecular complexity index is 625. The number of hydrogen-bond donors (Lipinski definition) is 2. The lowest BCUT2D eigenvalue weighted by Crippen LogP contribution is -2.29. The van der Waals surface area contributed by atoms with Crippen molar-refractivity contribution in [3.8, 4) is 5.75 Å². The minimum absolute atomic E-state index is 0.112. The minimum Gasteiger partial charge on any atom is -0.492 e. The maximum atomic E-state index is 12.1. The number of anilines is 1. The van der Waals surface area contributed by atoms with Crippen LogP contribution in [-0.4, -0.2) is 23.6 Å². The highest BCUT2D eigenvalue weighted by Crippen LogP contribution is 2.15. The van der Waals surface area contributed by atoms with Crippen molar-refractivity contribution in [2.75, 3.05) is 18.9 Å². The number of amides is 1. The quantitative estimate of drug-likeness (QED) is 0.620. The summed E-state index contributed by atoms with van der Waals surface area (Å²) in [6.07, 6.45) is 1.89. The van der Waals surface area contributed by atoms with E-state index in [9.17, 15) is 4.79 Å². The molecule has 0 radical (unpaired) electrons. The lowest BCUT2D eigenvalue weighted by Gasteiger charge is -2.09. The van der Waals surface area contributed by atoms with Gasteiger partial charge in [-0.05, 0) is 41.1 Å². The number of carbonyl (C=O) groups excluding carboxylic acids is 1. The number of rotatable bonds is 6. The molecule has 0 unspecified atom stereocenters. The summed E-state index contributed by atoms with van der Waals surface area (Å²) in [5.74, 6) is 0.586. The molecule has 0 aliphatic rings. The van der Waals surface area contributed by atoms with Crippen LogP contribution in [0.25, 0.3) is 0 Å². The Morgan fingerprint density at radius 1 is 1.43 bits per heavy atom. The van der Waals surface area contributed by atoms with Gasteiger partial charge in [0, 0.05) is 29.0 Å². The van der Waals surface area contributed by atoms with E-state index in [4.69, 9.17) is 10.5 Å². The van der Waals surface area contributed by atoms with Crippen LogP contribution < -0.4 is 15.8 Å². The summed E-state index contributed by atoms with van der Waals surface area (Å²) in [6, 6.07) is 9.01. The molecule has 2 rings (SSSR count). The van der Waals surface area contributed by atoms with Crippen molar-refractivity contribution in [2.24, 2.45) is 0 Å². The van der Waals surface area contributed by atoms with E-state index in [1.807, 2.05) is 29.8 Å². The third-order valence-electron chi connectivity index (χ3n) is 2.95. The number of aromatic nitrogens is 1. The molecule has 0 saturated heterocycles. The molecule has 0 spiro atoms. The zero-order valence-corrected chi connectivity index (χ0v) is 13.4. The van der Waals surface area contributed by atoms with Crippen LogP contribution in [0, 0.1) is 0 Å². The number of nitrogens with zero attached hydrogens (tertiary/aromatic N) is 1. The fourth-order valence-corrected chi connectivity index (χ4v) is 2.42. The first kappa shape index (κ1) is 15.4. The Morgan fingerprint density at radius 2 is 2.24 bits per heavy atom. The van der Waals surface area contributed by atoms with E-state index in [1.54, 1.807) is 18.2 Å². The Labute approximate surface area is 132 Å². The second kappa shape index (κ2) is 7.17. The largest absolute Gasteiger partial charge is 0.492 e. The molecule has 6 heteroatoms. The Hall–Kier alpha value is -1.95. The molecule has 5 nitrogen and oxygen atoms in total. The normalized spacial score (nSPS) is 10.4. The first-order valence-corrected chi connectivity index (χ1v) is 7.51. The zero-order chi connectivity index (χ0) is 15.2. The maximum Gasteiger partial charge on any atom is 0.268 e. The number of nitrogens with one attached hydrogen (secondary N) is 1. The van der Waals surface area contributed by atoms with Crippen LogP contribution in [0.15, 0.2) is 41.0 Å². The number of hydrogen-bond acceptors (Lipinski definition) is 3. The third-order valence-corrected chi connectivity index (χ3v) is 3.38. The SMILES string of the molecule is CCn1cc(Br)cc1C(=O)NCCOc1cccc(N)c1. The number of nitrogens with two attached hydrogens (primary N) is 1. The lowest BCUT2D eigenvalue weighted by molar-refractivity contribution is 0.0938. The molecule has 3 N–H and O–H groups in total. The highest BCUT2D eigenvalue weighted by atomic mass is 79.9. The fourth-order valence-electron chi connectivity index (χ4n) is 1.96. The van der Waals surface area contributed by atoms with Crippen molar-refractivity contribution in [2.45, 2.75) is 13.5 Å². The van der Waals surface area contributed by atoms with Crippen molar-refractivity contribution in [3.05, 3.63) is 46.7 Å². The first-order valence-electron chi connectivity index (χ1n) is 6.72. The van der Waals surface area contributed by atoms with Gasteiger partial charge in [-0.3, -0.25) is 4.79 Å². The van der Waals surface area contributed by atoms with E-state index < -0.39 is 0 Å². The molecule has 0 aliphatic heterocycles. The predicted molar refractivity (Wildman–Crippen MR) is 86.5 cm³/mol. The van der Waals surface area contributed by atoms with Gasteiger partial charge in [-0.15, -0.1) is 0 Å². The number of carbonyl (C=O) groups is 1. The van der Waals surface area contributed by atoms with Gasteiger partial charge >= 0.3 is 0 Å². The summed E-state index contributed by atoms with van der Waals surface area (Å²) in [4.78, 5) is 12.1. The van der Waals surface area contributed by atoms with Gasteiger partial charge in [0.15, 0.2) is 0 Å². The standard InChI is InChI=1S/C15H18BrN3O2/c1-2-19-10-11(16)8-14(19)15(20)18-6-7-21-13-5-3-4-12(17)9-13/h3-5,8-10H,2,6-7,17H2,1H3,(H,18,20). The molecular formula is C15H18BrN3O2. The van der Waals surface area contributed by atoms with E-state index in [0.29, 0.717) is 30.3 Å². The minimum atomic E-state index is -0.112. The molecule has 2 aromatic rings. The van der Waals surface area contributed by atoms with Crippen LogP contribution in [0.3, 0.4) is 0 Å². The number of aryl methyl sites for hydroxylation is 1. The van der Waals surface area contributed by atoms with Crippen LogP contribution >= 0.6 is 15.9 Å². The molecule has 112 valence electrons. The van der Waals surface area contributed by atoms with Gasteiger partial charge in [0.25, 0.3) is 5.91 Å². The number of halogens is 1. The monoisotopic (exact) mass is 351 g/mol. The van der Waals surface area contributed by atoms with Crippen molar-refractivity contribution in [1.82, 2.24) is 9.88 Å². The predicted octanol–water partition coefficient (Wildman–Crippen LogP) is 2.66.